The van der Waals surface area contributed by atoms with E-state index in [0.29, 0.717) is 0 Å². The minimum atomic E-state index is -3.85. The van der Waals surface area contributed by atoms with E-state index in [0.717, 1.165) is 0 Å². The first-order valence-electron chi connectivity index (χ1n) is 4.91. The summed E-state index contributed by atoms with van der Waals surface area (Å²) in [4.78, 5) is 20.5. The Morgan fingerprint density at radius 1 is 1.42 bits per heavy atom. The topological polar surface area (TPSA) is 118 Å². The van der Waals surface area contributed by atoms with Gasteiger partial charge in [0.1, 0.15) is 6.61 Å². The van der Waals surface area contributed by atoms with E-state index in [1.54, 1.807) is 6.92 Å². The van der Waals surface area contributed by atoms with Crippen LogP contribution in [0.15, 0.2) is 12.2 Å². The SMILES string of the molecule is CC=CC(=O)OCCC(=O)O.[CH2-]C(C)S(=O)(=O)O.[Li+]. The van der Waals surface area contributed by atoms with Gasteiger partial charge in [-0.25, -0.2) is 13.2 Å². The molecule has 0 heterocycles. The maximum absolute atomic E-state index is 10.5. The second kappa shape index (κ2) is 12.2. The molecule has 0 bridgehead atoms. The summed E-state index contributed by atoms with van der Waals surface area (Å²) in [5, 5.41) is 7.22. The van der Waals surface area contributed by atoms with Crippen molar-refractivity contribution >= 4 is 22.1 Å². The van der Waals surface area contributed by atoms with Gasteiger partial charge in [0.25, 0.3) is 0 Å². The molecule has 0 fully saturated rings. The van der Waals surface area contributed by atoms with E-state index in [2.05, 4.69) is 11.7 Å². The molecular formula is C10H17LiO7S. The number of carbonyl (C=O) groups is 2. The number of hydrogen-bond acceptors (Lipinski definition) is 5. The van der Waals surface area contributed by atoms with Crippen molar-refractivity contribution in [2.75, 3.05) is 6.61 Å². The van der Waals surface area contributed by atoms with Crippen LogP contribution in [-0.2, 0) is 24.4 Å². The van der Waals surface area contributed by atoms with Crippen LogP contribution in [0, 0.1) is 6.92 Å². The molecular weight excluding hydrogens is 271 g/mol. The monoisotopic (exact) mass is 288 g/mol. The predicted molar refractivity (Wildman–Crippen MR) is 64.4 cm³/mol. The number of carboxylic acid groups (broad SMARTS) is 1. The Bertz CT molecular complexity index is 387. The van der Waals surface area contributed by atoms with Crippen LogP contribution >= 0.6 is 0 Å². The van der Waals surface area contributed by atoms with E-state index in [1.807, 2.05) is 0 Å². The second-order valence-corrected chi connectivity index (χ2v) is 4.97. The molecule has 0 amide bonds. The molecule has 7 nitrogen and oxygen atoms in total. The van der Waals surface area contributed by atoms with E-state index in [9.17, 15) is 18.0 Å². The van der Waals surface area contributed by atoms with Crippen LogP contribution in [-0.4, -0.2) is 41.9 Å². The summed E-state index contributed by atoms with van der Waals surface area (Å²) < 4.78 is 32.1. The first kappa shape index (κ1) is 23.3. The summed E-state index contributed by atoms with van der Waals surface area (Å²) in [5.74, 6) is -1.48. The number of hydrogen-bond donors (Lipinski definition) is 2. The van der Waals surface area contributed by atoms with Gasteiger partial charge in [-0.15, -0.1) is 0 Å². The van der Waals surface area contributed by atoms with Crippen LogP contribution in [0.2, 0.25) is 0 Å². The average Bonchev–Trinajstić information content (AvgIpc) is 2.16. The molecule has 0 aromatic rings. The minimum absolute atomic E-state index is 0. The summed E-state index contributed by atoms with van der Waals surface area (Å²) in [6.45, 7) is 5.98. The predicted octanol–water partition coefficient (Wildman–Crippen LogP) is -2.32. The normalized spacial score (nSPS) is 11.8. The number of allylic oxidation sites excluding steroid dienone is 1. The van der Waals surface area contributed by atoms with Gasteiger partial charge in [-0.3, -0.25) is 9.35 Å². The van der Waals surface area contributed by atoms with Gasteiger partial charge in [-0.1, -0.05) is 13.0 Å². The molecule has 0 radical (unpaired) electrons. The summed E-state index contributed by atoms with van der Waals surface area (Å²) in [5.41, 5.74) is 0. The van der Waals surface area contributed by atoms with Crippen LogP contribution in [0.3, 0.4) is 0 Å². The molecule has 1 unspecified atom stereocenters. The Morgan fingerprint density at radius 3 is 2.11 bits per heavy atom. The van der Waals surface area contributed by atoms with E-state index < -0.39 is 27.3 Å². The smallest absolute Gasteiger partial charge is 0.481 e. The maximum Gasteiger partial charge on any atom is 1.00 e. The third kappa shape index (κ3) is 19.7. The molecule has 0 aromatic heterocycles. The average molecular weight is 288 g/mol. The molecule has 19 heavy (non-hydrogen) atoms. The van der Waals surface area contributed by atoms with Gasteiger partial charge < -0.3 is 16.8 Å². The fourth-order valence-corrected chi connectivity index (χ4v) is 0.423. The molecule has 9 heteroatoms. The van der Waals surface area contributed by atoms with E-state index in [4.69, 9.17) is 9.66 Å². The Kier molecular flexibility index (Phi) is 15.0. The molecule has 0 rings (SSSR count). The number of rotatable bonds is 5. The van der Waals surface area contributed by atoms with Crippen LogP contribution in [0.25, 0.3) is 0 Å². The van der Waals surface area contributed by atoms with E-state index in [1.165, 1.54) is 19.1 Å². The second-order valence-electron chi connectivity index (χ2n) is 3.14. The fourth-order valence-electron chi connectivity index (χ4n) is 0.423. The van der Waals surface area contributed by atoms with Gasteiger partial charge in [0.2, 0.25) is 10.1 Å². The van der Waals surface area contributed by atoms with Crippen molar-refractivity contribution < 1.29 is 51.3 Å². The Hall–Kier alpha value is -0.813. The standard InChI is InChI=1S/C7H10O4.C3H7O3S.Li/c1-2-3-7(10)11-5-4-6(8)9;1-3(2)7(4,5)6;/h2-3H,4-5H2,1H3,(H,8,9);3H,1H2,2H3,(H,4,5,6);/q;-1;+1. The van der Waals surface area contributed by atoms with E-state index in [-0.39, 0.29) is 31.9 Å². The Labute approximate surface area is 124 Å². The molecule has 106 valence electrons. The van der Waals surface area contributed by atoms with E-state index >= 15 is 0 Å². The van der Waals surface area contributed by atoms with Crippen LogP contribution in [0.4, 0.5) is 0 Å². The zero-order valence-corrected chi connectivity index (χ0v) is 12.0. The van der Waals surface area contributed by atoms with Crippen molar-refractivity contribution in [1.82, 2.24) is 0 Å². The molecule has 0 saturated carbocycles. The molecule has 0 aliphatic rings. The third-order valence-corrected chi connectivity index (χ3v) is 2.39. The summed E-state index contributed by atoms with van der Waals surface area (Å²) >= 11 is 0. The molecule has 0 saturated heterocycles. The van der Waals surface area contributed by atoms with Gasteiger partial charge in [0.15, 0.2) is 0 Å². The number of carbonyl (C=O) groups excluding carboxylic acids is 1. The van der Waals surface area contributed by atoms with Crippen molar-refractivity contribution in [3.63, 3.8) is 0 Å². The Morgan fingerprint density at radius 2 is 1.84 bits per heavy atom. The van der Waals surface area contributed by atoms with Crippen LogP contribution < -0.4 is 18.9 Å². The van der Waals surface area contributed by atoms with Crippen LogP contribution in [0.5, 0.6) is 0 Å². The van der Waals surface area contributed by atoms with Gasteiger partial charge in [0, 0.05) is 6.08 Å². The number of esters is 1. The van der Waals surface area contributed by atoms with Crippen molar-refractivity contribution in [3.05, 3.63) is 19.1 Å². The summed E-state index contributed by atoms with van der Waals surface area (Å²) in [6.07, 6.45) is 2.62. The van der Waals surface area contributed by atoms with Crippen molar-refractivity contribution in [2.24, 2.45) is 0 Å². The third-order valence-electron chi connectivity index (χ3n) is 1.37. The minimum Gasteiger partial charge on any atom is -0.481 e. The fraction of sp³-hybridized carbons (Fsp3) is 0.500. The zero-order chi connectivity index (χ0) is 14.8. The maximum atomic E-state index is 10.5. The van der Waals surface area contributed by atoms with Crippen LogP contribution in [0.1, 0.15) is 20.3 Å². The zero-order valence-electron chi connectivity index (χ0n) is 11.2. The largest absolute Gasteiger partial charge is 1.00 e. The van der Waals surface area contributed by atoms with Gasteiger partial charge in [-0.2, -0.15) is 0 Å². The molecule has 0 aliphatic carbocycles. The van der Waals surface area contributed by atoms with Crippen molar-refractivity contribution in [3.8, 4) is 0 Å². The first-order valence-corrected chi connectivity index (χ1v) is 6.42. The summed E-state index contributed by atoms with van der Waals surface area (Å²) in [7, 11) is -3.85. The summed E-state index contributed by atoms with van der Waals surface area (Å²) in [6, 6.07) is 0. The molecule has 2 N–H and O–H groups in total. The quantitative estimate of drug-likeness (QED) is 0.192. The molecule has 0 aliphatic heterocycles. The number of aliphatic carboxylic acids is 1. The number of ether oxygens (including phenoxy) is 1. The van der Waals surface area contributed by atoms with Gasteiger partial charge in [0.05, 0.1) is 6.42 Å². The molecule has 0 aromatic carbocycles. The van der Waals surface area contributed by atoms with Crippen molar-refractivity contribution in [2.45, 2.75) is 25.5 Å². The molecule has 1 atom stereocenters. The molecule has 0 spiro atoms. The first-order chi connectivity index (χ1) is 8.11. The van der Waals surface area contributed by atoms with Crippen molar-refractivity contribution in [1.29, 1.82) is 0 Å². The van der Waals surface area contributed by atoms with Gasteiger partial charge >= 0.3 is 30.8 Å². The van der Waals surface area contributed by atoms with Gasteiger partial charge in [-0.05, 0) is 12.2 Å². The number of carboxylic acids is 1. The Balaban J connectivity index is -0.000000280.